The van der Waals surface area contributed by atoms with Crippen LogP contribution in [0.4, 0.5) is 0 Å². The number of unbranched alkanes of at least 4 members (excludes halogenated alkanes) is 39. The van der Waals surface area contributed by atoms with Crippen LogP contribution in [0.2, 0.25) is 0 Å². The molecule has 0 aliphatic carbocycles. The molecule has 6 heteroatoms. The van der Waals surface area contributed by atoms with Crippen LogP contribution < -0.4 is 5.32 Å². The highest BCUT2D eigenvalue weighted by Crippen LogP contribution is 2.17. The predicted octanol–water partition coefficient (Wildman–Crippen LogP) is 18.0. The summed E-state index contributed by atoms with van der Waals surface area (Å²) < 4.78 is 5.47. The van der Waals surface area contributed by atoms with Gasteiger partial charge in [-0.05, 0) is 64.2 Å². The van der Waals surface area contributed by atoms with E-state index >= 15 is 0 Å². The Morgan fingerprint density at radius 3 is 1.18 bits per heavy atom. The van der Waals surface area contributed by atoms with Gasteiger partial charge >= 0.3 is 5.97 Å². The van der Waals surface area contributed by atoms with E-state index < -0.39 is 12.1 Å². The summed E-state index contributed by atoms with van der Waals surface area (Å²) >= 11 is 0. The molecule has 6 nitrogen and oxygen atoms in total. The fourth-order valence-electron chi connectivity index (χ4n) is 8.90. The van der Waals surface area contributed by atoms with Crippen LogP contribution in [0.15, 0.2) is 36.5 Å². The first-order valence-corrected chi connectivity index (χ1v) is 29.3. The number of esters is 1. The van der Waals surface area contributed by atoms with Crippen molar-refractivity contribution in [2.24, 2.45) is 0 Å². The van der Waals surface area contributed by atoms with Crippen LogP contribution in [0.25, 0.3) is 0 Å². The predicted molar refractivity (Wildman–Crippen MR) is 287 cm³/mol. The largest absolute Gasteiger partial charge is 0.466 e. The summed E-state index contributed by atoms with van der Waals surface area (Å²) in [6.07, 6.45) is 68.9. The van der Waals surface area contributed by atoms with Gasteiger partial charge in [-0.1, -0.05) is 269 Å². The van der Waals surface area contributed by atoms with Crippen molar-refractivity contribution in [3.63, 3.8) is 0 Å². The molecule has 0 rings (SSSR count). The first-order chi connectivity index (χ1) is 32.5. The van der Waals surface area contributed by atoms with E-state index in [1.165, 1.54) is 231 Å². The molecule has 3 N–H and O–H groups in total. The van der Waals surface area contributed by atoms with Gasteiger partial charge in [-0.25, -0.2) is 0 Å². The second-order valence-electron chi connectivity index (χ2n) is 20.0. The van der Waals surface area contributed by atoms with Crippen molar-refractivity contribution in [1.82, 2.24) is 5.32 Å². The van der Waals surface area contributed by atoms with Crippen molar-refractivity contribution >= 4 is 11.9 Å². The molecule has 0 saturated carbocycles. The normalized spacial score (nSPS) is 12.8. The highest BCUT2D eigenvalue weighted by atomic mass is 16.5. The van der Waals surface area contributed by atoms with Gasteiger partial charge in [0, 0.05) is 12.8 Å². The zero-order valence-corrected chi connectivity index (χ0v) is 44.2. The smallest absolute Gasteiger partial charge is 0.305 e. The van der Waals surface area contributed by atoms with Crippen LogP contribution in [0.1, 0.15) is 309 Å². The number of aliphatic hydroxyl groups is 2. The molecular weight excluding hydrogens is 815 g/mol. The van der Waals surface area contributed by atoms with Crippen LogP contribution in [-0.4, -0.2) is 47.4 Å². The Morgan fingerprint density at radius 2 is 0.758 bits per heavy atom. The third-order valence-electron chi connectivity index (χ3n) is 13.4. The molecule has 2 unspecified atom stereocenters. The maximum atomic E-state index is 12.4. The van der Waals surface area contributed by atoms with Crippen LogP contribution in [0, 0.1) is 0 Å². The minimum Gasteiger partial charge on any atom is -0.466 e. The lowest BCUT2D eigenvalue weighted by atomic mass is 10.0. The molecule has 0 aliphatic rings. The fraction of sp³-hybridized carbons (Fsp3) is 0.867. The van der Waals surface area contributed by atoms with Gasteiger partial charge in [0.2, 0.25) is 5.91 Å². The molecule has 0 aromatic rings. The summed E-state index contributed by atoms with van der Waals surface area (Å²) in [5, 5.41) is 23.0. The molecule has 0 heterocycles. The van der Waals surface area contributed by atoms with E-state index in [1.807, 2.05) is 6.08 Å². The SMILES string of the molecule is CCCCC/C=C\C/C=C\CCCCCCCC(=O)OCCCCCCCCCCCCCCCCCCCCCCCCCC(=O)NC(CO)C(O)/C=C/CCCCCCCCCCC. The molecule has 0 aromatic carbocycles. The van der Waals surface area contributed by atoms with Gasteiger partial charge in [0.1, 0.15) is 0 Å². The number of ether oxygens (including phenoxy) is 1. The van der Waals surface area contributed by atoms with E-state index in [1.54, 1.807) is 6.08 Å². The Bertz CT molecular complexity index is 1070. The molecule has 0 radical (unpaired) electrons. The van der Waals surface area contributed by atoms with Gasteiger partial charge in [0.25, 0.3) is 0 Å². The average molecular weight is 929 g/mol. The van der Waals surface area contributed by atoms with E-state index in [-0.39, 0.29) is 18.5 Å². The van der Waals surface area contributed by atoms with Gasteiger partial charge < -0.3 is 20.3 Å². The number of rotatable bonds is 54. The number of hydrogen-bond acceptors (Lipinski definition) is 5. The highest BCUT2D eigenvalue weighted by molar-refractivity contribution is 5.76. The zero-order chi connectivity index (χ0) is 47.9. The summed E-state index contributed by atoms with van der Waals surface area (Å²) in [5.74, 6) is -0.0692. The summed E-state index contributed by atoms with van der Waals surface area (Å²) in [4.78, 5) is 24.5. The lowest BCUT2D eigenvalue weighted by molar-refractivity contribution is -0.143. The summed E-state index contributed by atoms with van der Waals surface area (Å²) in [7, 11) is 0. The third-order valence-corrected chi connectivity index (χ3v) is 13.4. The molecule has 1 amide bonds. The first kappa shape index (κ1) is 64.1. The van der Waals surface area contributed by atoms with E-state index in [2.05, 4.69) is 43.5 Å². The standard InChI is InChI=1S/C60H113NO5/c1-3-5-7-9-11-13-15-16-26-30-34-38-42-46-50-54-60(65)66-55-51-47-43-39-35-31-28-25-23-21-19-17-18-20-22-24-27-29-33-37-41-45-49-53-59(64)61-57(56-62)58(63)52-48-44-40-36-32-14-12-10-8-6-4-2/h11,13,16,26,48,52,57-58,62-63H,3-10,12,14-15,17-25,27-47,49-51,53-56H2,1-2H3,(H,61,64)/b13-11-,26-16-,52-48+. The summed E-state index contributed by atoms with van der Waals surface area (Å²) in [5.41, 5.74) is 0. The lowest BCUT2D eigenvalue weighted by Crippen LogP contribution is -2.45. The Morgan fingerprint density at radius 1 is 0.424 bits per heavy atom. The van der Waals surface area contributed by atoms with E-state index in [0.717, 1.165) is 51.4 Å². The van der Waals surface area contributed by atoms with Gasteiger partial charge in [-0.15, -0.1) is 0 Å². The molecule has 66 heavy (non-hydrogen) atoms. The van der Waals surface area contributed by atoms with Crippen molar-refractivity contribution in [3.05, 3.63) is 36.5 Å². The Balaban J connectivity index is 3.38. The molecule has 2 atom stereocenters. The molecule has 388 valence electrons. The van der Waals surface area contributed by atoms with Crippen molar-refractivity contribution < 1.29 is 24.5 Å². The quantitative estimate of drug-likeness (QED) is 0.0321. The lowest BCUT2D eigenvalue weighted by Gasteiger charge is -2.20. The number of amides is 1. The van der Waals surface area contributed by atoms with E-state index in [9.17, 15) is 19.8 Å². The third kappa shape index (κ3) is 51.5. The van der Waals surface area contributed by atoms with Crippen LogP contribution in [0.5, 0.6) is 0 Å². The molecule has 0 spiro atoms. The van der Waals surface area contributed by atoms with Gasteiger partial charge in [0.05, 0.1) is 25.4 Å². The molecule has 0 aliphatic heterocycles. The molecule has 0 saturated heterocycles. The van der Waals surface area contributed by atoms with Crippen LogP contribution >= 0.6 is 0 Å². The minimum atomic E-state index is -0.843. The number of carbonyl (C=O) groups excluding carboxylic acids is 2. The zero-order valence-electron chi connectivity index (χ0n) is 44.2. The molecular formula is C60H113NO5. The second-order valence-corrected chi connectivity index (χ2v) is 20.0. The van der Waals surface area contributed by atoms with Crippen LogP contribution in [0.3, 0.4) is 0 Å². The van der Waals surface area contributed by atoms with Crippen molar-refractivity contribution in [2.45, 2.75) is 321 Å². The number of carbonyl (C=O) groups is 2. The maximum absolute atomic E-state index is 12.4. The van der Waals surface area contributed by atoms with Gasteiger partial charge in [-0.3, -0.25) is 9.59 Å². The first-order valence-electron chi connectivity index (χ1n) is 29.3. The molecule has 0 fully saturated rings. The van der Waals surface area contributed by atoms with Gasteiger partial charge in [-0.2, -0.15) is 0 Å². The molecule has 0 bridgehead atoms. The van der Waals surface area contributed by atoms with E-state index in [0.29, 0.717) is 19.4 Å². The number of aliphatic hydroxyl groups excluding tert-OH is 2. The number of hydrogen-bond donors (Lipinski definition) is 3. The summed E-state index contributed by atoms with van der Waals surface area (Å²) in [6, 6.07) is -0.626. The van der Waals surface area contributed by atoms with Gasteiger partial charge in [0.15, 0.2) is 0 Å². The molecule has 0 aromatic heterocycles. The van der Waals surface area contributed by atoms with Crippen molar-refractivity contribution in [1.29, 1.82) is 0 Å². The Labute approximate surface area is 411 Å². The second kappa shape index (κ2) is 55.7. The average Bonchev–Trinajstić information content (AvgIpc) is 3.32. The topological polar surface area (TPSA) is 95.9 Å². The van der Waals surface area contributed by atoms with E-state index in [4.69, 9.17) is 4.74 Å². The van der Waals surface area contributed by atoms with Crippen LogP contribution in [-0.2, 0) is 14.3 Å². The van der Waals surface area contributed by atoms with Crippen molar-refractivity contribution in [2.75, 3.05) is 13.2 Å². The highest BCUT2D eigenvalue weighted by Gasteiger charge is 2.18. The Hall–Kier alpha value is -1.92. The van der Waals surface area contributed by atoms with Crippen molar-refractivity contribution in [3.8, 4) is 0 Å². The Kier molecular flexibility index (Phi) is 54.1. The fourth-order valence-corrected chi connectivity index (χ4v) is 8.90. The number of nitrogens with one attached hydrogen (secondary N) is 1. The maximum Gasteiger partial charge on any atom is 0.305 e. The summed E-state index contributed by atoms with van der Waals surface area (Å²) in [6.45, 7) is 4.86. The number of allylic oxidation sites excluding steroid dienone is 5. The minimum absolute atomic E-state index is 0.000468. The monoisotopic (exact) mass is 928 g/mol.